The standard InChI is InChI=1S/C9H7O4/c1-5-2-3-6(8(10)11)4-7(5)9(12)13/h3-4H,1H3,(H,10,11)(H,12,13). The number of aromatic carboxylic acids is 2. The largest absolute Gasteiger partial charge is 0.478 e. The van der Waals surface area contributed by atoms with Crippen LogP contribution in [0.25, 0.3) is 0 Å². The first-order valence-corrected chi connectivity index (χ1v) is 3.51. The molecule has 1 aromatic rings. The number of carboxylic acids is 2. The Kier molecular flexibility index (Phi) is 2.32. The van der Waals surface area contributed by atoms with Crippen LogP contribution in [0.5, 0.6) is 0 Å². The van der Waals surface area contributed by atoms with Gasteiger partial charge in [0.2, 0.25) is 0 Å². The van der Waals surface area contributed by atoms with Crippen LogP contribution in [0.2, 0.25) is 0 Å². The van der Waals surface area contributed by atoms with E-state index in [2.05, 4.69) is 6.07 Å². The minimum absolute atomic E-state index is 0.0279. The van der Waals surface area contributed by atoms with Crippen molar-refractivity contribution in [1.29, 1.82) is 0 Å². The molecule has 0 aliphatic carbocycles. The lowest BCUT2D eigenvalue weighted by atomic mass is 10.1. The molecule has 0 aliphatic heterocycles. The number of aryl methyl sites for hydroxylation is 1. The van der Waals surface area contributed by atoms with E-state index in [1.54, 1.807) is 6.92 Å². The second-order valence-electron chi connectivity index (χ2n) is 2.54. The van der Waals surface area contributed by atoms with E-state index in [1.165, 1.54) is 6.07 Å². The molecule has 0 spiro atoms. The molecule has 0 unspecified atom stereocenters. The average Bonchev–Trinajstić information content (AvgIpc) is 2.04. The molecule has 0 bridgehead atoms. The fourth-order valence-corrected chi connectivity index (χ4v) is 0.915. The van der Waals surface area contributed by atoms with Crippen molar-refractivity contribution < 1.29 is 19.8 Å². The van der Waals surface area contributed by atoms with E-state index in [9.17, 15) is 9.59 Å². The quantitative estimate of drug-likeness (QED) is 0.715. The molecule has 13 heavy (non-hydrogen) atoms. The van der Waals surface area contributed by atoms with Gasteiger partial charge >= 0.3 is 11.9 Å². The number of hydrogen-bond donors (Lipinski definition) is 2. The summed E-state index contributed by atoms with van der Waals surface area (Å²) in [5.74, 6) is -2.30. The highest BCUT2D eigenvalue weighted by Gasteiger charge is 2.10. The van der Waals surface area contributed by atoms with E-state index < -0.39 is 11.9 Å². The van der Waals surface area contributed by atoms with Gasteiger partial charge in [0.25, 0.3) is 0 Å². The van der Waals surface area contributed by atoms with Gasteiger partial charge in [-0.3, -0.25) is 0 Å². The third-order valence-electron chi connectivity index (χ3n) is 1.63. The molecular weight excluding hydrogens is 172 g/mol. The molecule has 0 amide bonds. The monoisotopic (exact) mass is 179 g/mol. The van der Waals surface area contributed by atoms with Gasteiger partial charge in [-0.2, -0.15) is 0 Å². The number of carboxylic acid groups (broad SMARTS) is 2. The fraction of sp³-hybridized carbons (Fsp3) is 0.111. The predicted molar refractivity (Wildman–Crippen MR) is 43.9 cm³/mol. The molecular formula is C9H7O4. The summed E-state index contributed by atoms with van der Waals surface area (Å²) in [5, 5.41) is 17.2. The molecule has 4 heteroatoms. The van der Waals surface area contributed by atoms with E-state index in [0.29, 0.717) is 5.56 Å². The second-order valence-corrected chi connectivity index (χ2v) is 2.54. The van der Waals surface area contributed by atoms with Gasteiger partial charge in [0.1, 0.15) is 0 Å². The summed E-state index contributed by atoms with van der Waals surface area (Å²) >= 11 is 0. The number of hydrogen-bond acceptors (Lipinski definition) is 2. The van der Waals surface area contributed by atoms with Crippen LogP contribution in [0.1, 0.15) is 26.3 Å². The predicted octanol–water partition coefficient (Wildman–Crippen LogP) is 1.19. The molecule has 0 aromatic heterocycles. The first-order chi connectivity index (χ1) is 6.02. The Morgan fingerprint density at radius 3 is 2.38 bits per heavy atom. The van der Waals surface area contributed by atoms with Gasteiger partial charge in [-0.1, -0.05) is 0 Å². The topological polar surface area (TPSA) is 74.6 Å². The van der Waals surface area contributed by atoms with Crippen LogP contribution in [0.3, 0.4) is 0 Å². The average molecular weight is 179 g/mol. The highest BCUT2D eigenvalue weighted by Crippen LogP contribution is 2.10. The third kappa shape index (κ3) is 1.84. The normalized spacial score (nSPS) is 9.62. The summed E-state index contributed by atoms with van der Waals surface area (Å²) in [5.41, 5.74) is 0.334. The Hall–Kier alpha value is -1.84. The van der Waals surface area contributed by atoms with Crippen molar-refractivity contribution in [3.05, 3.63) is 34.9 Å². The van der Waals surface area contributed by atoms with Gasteiger partial charge in [-0.05, 0) is 30.7 Å². The lowest BCUT2D eigenvalue weighted by Gasteiger charge is -2.00. The van der Waals surface area contributed by atoms with Gasteiger partial charge in [-0.15, -0.1) is 0 Å². The summed E-state index contributed by atoms with van der Waals surface area (Å²) < 4.78 is 0. The number of rotatable bonds is 2. The van der Waals surface area contributed by atoms with E-state index in [0.717, 1.165) is 6.07 Å². The zero-order valence-corrected chi connectivity index (χ0v) is 6.87. The number of benzene rings is 1. The van der Waals surface area contributed by atoms with Crippen LogP contribution in [0.15, 0.2) is 12.1 Å². The molecule has 1 aromatic carbocycles. The summed E-state index contributed by atoms with van der Waals surface area (Å²) in [7, 11) is 0. The van der Waals surface area contributed by atoms with Gasteiger partial charge < -0.3 is 10.2 Å². The van der Waals surface area contributed by atoms with Crippen molar-refractivity contribution in [2.24, 2.45) is 0 Å². The molecule has 0 fully saturated rings. The van der Waals surface area contributed by atoms with Crippen LogP contribution in [0.4, 0.5) is 0 Å². The van der Waals surface area contributed by atoms with E-state index in [4.69, 9.17) is 10.2 Å². The highest BCUT2D eigenvalue weighted by atomic mass is 16.4. The lowest BCUT2D eigenvalue weighted by Crippen LogP contribution is -2.04. The van der Waals surface area contributed by atoms with Crippen molar-refractivity contribution in [1.82, 2.24) is 0 Å². The summed E-state index contributed by atoms with van der Waals surface area (Å²) in [4.78, 5) is 21.1. The first-order valence-electron chi connectivity index (χ1n) is 3.51. The summed E-state index contributed by atoms with van der Waals surface area (Å²) in [6.07, 6.45) is 0. The van der Waals surface area contributed by atoms with E-state index in [1.807, 2.05) is 0 Å². The molecule has 0 heterocycles. The first kappa shape index (κ1) is 9.25. The lowest BCUT2D eigenvalue weighted by molar-refractivity contribution is 0.0695. The SMILES string of the molecule is Cc1[c]cc(C(=O)O)cc1C(=O)O. The van der Waals surface area contributed by atoms with Gasteiger partial charge in [0.15, 0.2) is 0 Å². The Labute approximate surface area is 74.4 Å². The zero-order chi connectivity index (χ0) is 10.0. The van der Waals surface area contributed by atoms with Crippen molar-refractivity contribution >= 4 is 11.9 Å². The van der Waals surface area contributed by atoms with Gasteiger partial charge in [0.05, 0.1) is 11.1 Å². The smallest absolute Gasteiger partial charge is 0.335 e. The summed E-state index contributed by atoms with van der Waals surface area (Å²) in [6, 6.07) is 4.95. The van der Waals surface area contributed by atoms with Crippen LogP contribution < -0.4 is 0 Å². The molecule has 1 radical (unpaired) electrons. The zero-order valence-electron chi connectivity index (χ0n) is 6.87. The maximum atomic E-state index is 10.6. The molecule has 0 aliphatic rings. The second kappa shape index (κ2) is 3.26. The molecule has 4 nitrogen and oxygen atoms in total. The van der Waals surface area contributed by atoms with Crippen LogP contribution >= 0.6 is 0 Å². The highest BCUT2D eigenvalue weighted by molar-refractivity contribution is 5.94. The Balaban J connectivity index is 3.27. The van der Waals surface area contributed by atoms with Crippen molar-refractivity contribution in [3.8, 4) is 0 Å². The Morgan fingerprint density at radius 2 is 1.92 bits per heavy atom. The van der Waals surface area contributed by atoms with Crippen molar-refractivity contribution in [3.63, 3.8) is 0 Å². The Bertz CT molecular complexity index is 368. The molecule has 2 N–H and O–H groups in total. The number of carbonyl (C=O) groups is 2. The molecule has 0 atom stereocenters. The maximum absolute atomic E-state index is 10.6. The molecule has 1 rings (SSSR count). The van der Waals surface area contributed by atoms with Crippen molar-refractivity contribution in [2.45, 2.75) is 6.92 Å². The minimum Gasteiger partial charge on any atom is -0.478 e. The van der Waals surface area contributed by atoms with E-state index in [-0.39, 0.29) is 11.1 Å². The molecule has 67 valence electrons. The third-order valence-corrected chi connectivity index (χ3v) is 1.63. The van der Waals surface area contributed by atoms with Crippen LogP contribution in [-0.2, 0) is 0 Å². The molecule has 0 saturated heterocycles. The van der Waals surface area contributed by atoms with E-state index >= 15 is 0 Å². The fourth-order valence-electron chi connectivity index (χ4n) is 0.915. The Morgan fingerprint density at radius 1 is 1.31 bits per heavy atom. The maximum Gasteiger partial charge on any atom is 0.335 e. The van der Waals surface area contributed by atoms with Crippen LogP contribution in [0, 0.1) is 13.0 Å². The summed E-state index contributed by atoms with van der Waals surface area (Å²) in [6.45, 7) is 1.56. The van der Waals surface area contributed by atoms with Gasteiger partial charge in [-0.25, -0.2) is 9.59 Å². The minimum atomic E-state index is -1.15. The van der Waals surface area contributed by atoms with Crippen LogP contribution in [-0.4, -0.2) is 22.2 Å². The molecule has 0 saturated carbocycles. The van der Waals surface area contributed by atoms with Crippen molar-refractivity contribution in [2.75, 3.05) is 0 Å². The van der Waals surface area contributed by atoms with Gasteiger partial charge in [0, 0.05) is 0 Å².